The highest BCUT2D eigenvalue weighted by Gasteiger charge is 2.37. The van der Waals surface area contributed by atoms with Crippen molar-refractivity contribution in [2.75, 3.05) is 13.7 Å². The van der Waals surface area contributed by atoms with E-state index in [0.717, 1.165) is 17.7 Å². The van der Waals surface area contributed by atoms with Gasteiger partial charge in [-0.2, -0.15) is 0 Å². The summed E-state index contributed by atoms with van der Waals surface area (Å²) < 4.78 is 5.34. The Morgan fingerprint density at radius 3 is 2.86 bits per heavy atom. The molecule has 0 radical (unpaired) electrons. The SMILES string of the molecule is COC1CC(CC(=O)O)N(C(=O)c2cc3c(s2)CCCC3)C1. The number of ether oxygens (including phenoxy) is 1. The van der Waals surface area contributed by atoms with E-state index < -0.39 is 5.97 Å². The van der Waals surface area contributed by atoms with E-state index >= 15 is 0 Å². The molecule has 6 heteroatoms. The van der Waals surface area contributed by atoms with Crippen molar-refractivity contribution in [3.05, 3.63) is 21.4 Å². The molecule has 1 aliphatic heterocycles. The number of hydrogen-bond acceptors (Lipinski definition) is 4. The monoisotopic (exact) mass is 323 g/mol. The van der Waals surface area contributed by atoms with Crippen LogP contribution >= 0.6 is 11.3 Å². The Morgan fingerprint density at radius 1 is 1.41 bits per heavy atom. The molecule has 2 heterocycles. The van der Waals surface area contributed by atoms with Gasteiger partial charge in [0.05, 0.1) is 17.4 Å². The number of nitrogens with zero attached hydrogens (tertiary/aromatic N) is 1. The lowest BCUT2D eigenvalue weighted by Crippen LogP contribution is -2.36. The standard InChI is InChI=1S/C16H21NO4S/c1-21-12-7-11(8-15(18)19)17(9-12)16(20)14-6-10-4-2-3-5-13(10)22-14/h6,11-12H,2-5,7-9H2,1H3,(H,18,19). The van der Waals surface area contributed by atoms with Crippen LogP contribution in [-0.4, -0.2) is 47.7 Å². The summed E-state index contributed by atoms with van der Waals surface area (Å²) in [5, 5.41) is 9.06. The molecule has 22 heavy (non-hydrogen) atoms. The first-order valence-corrected chi connectivity index (χ1v) is 8.57. The first-order chi connectivity index (χ1) is 10.6. The molecule has 1 amide bonds. The second-order valence-electron chi connectivity index (χ2n) is 6.07. The van der Waals surface area contributed by atoms with Gasteiger partial charge in [0, 0.05) is 24.6 Å². The van der Waals surface area contributed by atoms with E-state index in [1.54, 1.807) is 23.3 Å². The number of carbonyl (C=O) groups is 2. The van der Waals surface area contributed by atoms with Crippen LogP contribution in [0.5, 0.6) is 0 Å². The third-order valence-electron chi connectivity index (χ3n) is 4.59. The second kappa shape index (κ2) is 6.38. The van der Waals surface area contributed by atoms with E-state index in [2.05, 4.69) is 0 Å². The van der Waals surface area contributed by atoms with Crippen LogP contribution in [0.25, 0.3) is 0 Å². The van der Waals surface area contributed by atoms with Crippen molar-refractivity contribution in [3.63, 3.8) is 0 Å². The smallest absolute Gasteiger partial charge is 0.305 e. The van der Waals surface area contributed by atoms with E-state index in [4.69, 9.17) is 9.84 Å². The minimum absolute atomic E-state index is 0.0172. The van der Waals surface area contributed by atoms with Gasteiger partial charge < -0.3 is 14.7 Å². The van der Waals surface area contributed by atoms with Crippen LogP contribution in [0.3, 0.4) is 0 Å². The number of hydrogen-bond donors (Lipinski definition) is 1. The molecule has 2 atom stereocenters. The zero-order valence-electron chi connectivity index (χ0n) is 12.7. The molecule has 120 valence electrons. The number of carboxylic acid groups (broad SMARTS) is 1. The number of aliphatic carboxylic acids is 1. The molecule has 3 rings (SSSR count). The maximum Gasteiger partial charge on any atom is 0.305 e. The van der Waals surface area contributed by atoms with Gasteiger partial charge in [-0.3, -0.25) is 9.59 Å². The molecule has 0 bridgehead atoms. The summed E-state index contributed by atoms with van der Waals surface area (Å²) in [6.45, 7) is 0.482. The predicted octanol–water partition coefficient (Wildman–Crippen LogP) is 2.33. The molecule has 5 nitrogen and oxygen atoms in total. The number of thiophene rings is 1. The fourth-order valence-corrected chi connectivity index (χ4v) is 4.64. The number of carboxylic acids is 1. The van der Waals surface area contributed by atoms with Gasteiger partial charge in [-0.1, -0.05) is 0 Å². The molecule has 1 saturated heterocycles. The van der Waals surface area contributed by atoms with E-state index in [-0.39, 0.29) is 24.5 Å². The largest absolute Gasteiger partial charge is 0.481 e. The Labute approximate surface area is 133 Å². The quantitative estimate of drug-likeness (QED) is 0.923. The molecule has 0 saturated carbocycles. The van der Waals surface area contributed by atoms with Crippen molar-refractivity contribution < 1.29 is 19.4 Å². The van der Waals surface area contributed by atoms with Crippen molar-refractivity contribution in [3.8, 4) is 0 Å². The summed E-state index contributed by atoms with van der Waals surface area (Å²) >= 11 is 1.58. The Bertz CT molecular complexity index is 559. The van der Waals surface area contributed by atoms with Crippen LogP contribution in [-0.2, 0) is 22.4 Å². The lowest BCUT2D eigenvalue weighted by Gasteiger charge is -2.22. The number of aryl methyl sites for hydroxylation is 2. The first kappa shape index (κ1) is 15.5. The van der Waals surface area contributed by atoms with Gasteiger partial charge in [-0.25, -0.2) is 0 Å². The number of carbonyl (C=O) groups excluding carboxylic acids is 1. The van der Waals surface area contributed by atoms with Crippen LogP contribution in [0.2, 0.25) is 0 Å². The average molecular weight is 323 g/mol. The van der Waals surface area contributed by atoms with Crippen LogP contribution in [0.4, 0.5) is 0 Å². The average Bonchev–Trinajstić information content (AvgIpc) is 3.09. The van der Waals surface area contributed by atoms with Crippen LogP contribution in [0.15, 0.2) is 6.07 Å². The van der Waals surface area contributed by atoms with Crippen molar-refractivity contribution in [2.24, 2.45) is 0 Å². The Morgan fingerprint density at radius 2 is 2.18 bits per heavy atom. The number of amides is 1. The number of methoxy groups -OCH3 is 1. The summed E-state index contributed by atoms with van der Waals surface area (Å²) in [5.41, 5.74) is 1.30. The Kier molecular flexibility index (Phi) is 4.49. The van der Waals surface area contributed by atoms with Gasteiger partial charge >= 0.3 is 5.97 Å². The Balaban J connectivity index is 1.79. The lowest BCUT2D eigenvalue weighted by molar-refractivity contribution is -0.137. The normalized spacial score (nSPS) is 24.3. The molecule has 1 aromatic rings. The van der Waals surface area contributed by atoms with Crippen LogP contribution < -0.4 is 0 Å². The van der Waals surface area contributed by atoms with Gasteiger partial charge in [0.2, 0.25) is 0 Å². The zero-order valence-corrected chi connectivity index (χ0v) is 13.5. The van der Waals surface area contributed by atoms with Crippen LogP contribution in [0.1, 0.15) is 45.8 Å². The summed E-state index contributed by atoms with van der Waals surface area (Å²) in [5.74, 6) is -0.907. The van der Waals surface area contributed by atoms with E-state index in [0.29, 0.717) is 13.0 Å². The third-order valence-corrected chi connectivity index (χ3v) is 5.81. The summed E-state index contributed by atoms with van der Waals surface area (Å²) in [6, 6.07) is 1.74. The third kappa shape index (κ3) is 3.03. The number of fused-ring (bicyclic) bond motifs is 1. The second-order valence-corrected chi connectivity index (χ2v) is 7.21. The highest BCUT2D eigenvalue weighted by molar-refractivity contribution is 7.14. The van der Waals surface area contributed by atoms with Crippen molar-refractivity contribution in [2.45, 2.75) is 50.7 Å². The molecule has 0 spiro atoms. The fourth-order valence-electron chi connectivity index (χ4n) is 3.43. The van der Waals surface area contributed by atoms with Crippen molar-refractivity contribution in [1.29, 1.82) is 0 Å². The van der Waals surface area contributed by atoms with E-state index in [1.807, 2.05) is 6.07 Å². The van der Waals surface area contributed by atoms with Gasteiger partial charge in [-0.15, -0.1) is 11.3 Å². The molecule has 2 unspecified atom stereocenters. The fraction of sp³-hybridized carbons (Fsp3) is 0.625. The molecule has 1 fully saturated rings. The molecular formula is C16H21NO4S. The van der Waals surface area contributed by atoms with Crippen molar-refractivity contribution >= 4 is 23.2 Å². The van der Waals surface area contributed by atoms with E-state index in [1.165, 1.54) is 23.3 Å². The number of rotatable bonds is 4. The molecule has 1 aliphatic carbocycles. The summed E-state index contributed by atoms with van der Waals surface area (Å²) in [6.07, 6.45) is 5.01. The highest BCUT2D eigenvalue weighted by Crippen LogP contribution is 2.32. The highest BCUT2D eigenvalue weighted by atomic mass is 32.1. The van der Waals surface area contributed by atoms with Gasteiger partial charge in [0.15, 0.2) is 0 Å². The van der Waals surface area contributed by atoms with Crippen LogP contribution in [0, 0.1) is 0 Å². The maximum absolute atomic E-state index is 12.8. The minimum atomic E-state index is -0.870. The van der Waals surface area contributed by atoms with E-state index in [9.17, 15) is 9.59 Å². The number of likely N-dealkylation sites (tertiary alicyclic amines) is 1. The lowest BCUT2D eigenvalue weighted by atomic mass is 9.99. The predicted molar refractivity (Wildman–Crippen MR) is 83.5 cm³/mol. The van der Waals surface area contributed by atoms with Gasteiger partial charge in [-0.05, 0) is 43.7 Å². The minimum Gasteiger partial charge on any atom is -0.481 e. The topological polar surface area (TPSA) is 66.8 Å². The molecule has 2 aliphatic rings. The Hall–Kier alpha value is -1.40. The first-order valence-electron chi connectivity index (χ1n) is 7.75. The molecule has 1 aromatic heterocycles. The van der Waals surface area contributed by atoms with Gasteiger partial charge in [0.1, 0.15) is 0 Å². The molecule has 0 aromatic carbocycles. The molecular weight excluding hydrogens is 302 g/mol. The molecule has 1 N–H and O–H groups in total. The summed E-state index contributed by atoms with van der Waals surface area (Å²) in [7, 11) is 1.61. The zero-order chi connectivity index (χ0) is 15.7. The summed E-state index contributed by atoms with van der Waals surface area (Å²) in [4.78, 5) is 27.6. The van der Waals surface area contributed by atoms with Gasteiger partial charge in [0.25, 0.3) is 5.91 Å². The van der Waals surface area contributed by atoms with Crippen molar-refractivity contribution in [1.82, 2.24) is 4.90 Å². The maximum atomic E-state index is 12.8.